The van der Waals surface area contributed by atoms with Crippen molar-refractivity contribution in [2.45, 2.75) is 26.1 Å². The summed E-state index contributed by atoms with van der Waals surface area (Å²) in [5.74, 6) is 0.381. The molecule has 1 aromatic heterocycles. The van der Waals surface area contributed by atoms with Crippen LogP contribution in [-0.4, -0.2) is 43.4 Å². The van der Waals surface area contributed by atoms with E-state index in [1.165, 1.54) is 7.11 Å². The van der Waals surface area contributed by atoms with E-state index in [2.05, 4.69) is 14.6 Å². The summed E-state index contributed by atoms with van der Waals surface area (Å²) in [4.78, 5) is 17.9. The van der Waals surface area contributed by atoms with E-state index in [0.717, 1.165) is 18.9 Å². The summed E-state index contributed by atoms with van der Waals surface area (Å²) in [5, 5.41) is 0. The quantitative estimate of drug-likeness (QED) is 0.744. The number of hydrogen-bond acceptors (Lipinski definition) is 5. The van der Waals surface area contributed by atoms with E-state index in [-0.39, 0.29) is 12.2 Å². The van der Waals surface area contributed by atoms with Gasteiger partial charge in [-0.25, -0.2) is 9.78 Å². The Bertz CT molecular complexity index is 426. The number of carbonyl (C=O) groups is 1. The Morgan fingerprint density at radius 1 is 1.39 bits per heavy atom. The summed E-state index contributed by atoms with van der Waals surface area (Å²) >= 11 is 0. The molecule has 0 bridgehead atoms. The fraction of sp³-hybridized carbons (Fsp3) is 0.538. The molecular weight excluding hydrogens is 232 g/mol. The molecule has 1 saturated heterocycles. The molecule has 98 valence electrons. The van der Waals surface area contributed by atoms with Gasteiger partial charge in [0.25, 0.3) is 0 Å². The summed E-state index contributed by atoms with van der Waals surface area (Å²) in [6.07, 6.45) is 0.328. The topological polar surface area (TPSA) is 51.7 Å². The van der Waals surface area contributed by atoms with Crippen LogP contribution >= 0.6 is 0 Å². The molecule has 2 unspecified atom stereocenters. The Hall–Kier alpha value is -1.62. The zero-order chi connectivity index (χ0) is 13.1. The van der Waals surface area contributed by atoms with Crippen LogP contribution in [0, 0.1) is 0 Å². The third-order valence-electron chi connectivity index (χ3n) is 2.87. The predicted molar refractivity (Wildman–Crippen MR) is 67.8 cm³/mol. The highest BCUT2D eigenvalue weighted by molar-refractivity contribution is 5.87. The van der Waals surface area contributed by atoms with Gasteiger partial charge in [-0.1, -0.05) is 6.07 Å². The Morgan fingerprint density at radius 3 is 2.67 bits per heavy atom. The van der Waals surface area contributed by atoms with Crippen molar-refractivity contribution >= 4 is 11.8 Å². The van der Waals surface area contributed by atoms with Gasteiger partial charge in [-0.2, -0.15) is 0 Å². The average Bonchev–Trinajstić information content (AvgIpc) is 2.37. The Kier molecular flexibility index (Phi) is 3.81. The first kappa shape index (κ1) is 12.8. The maximum atomic E-state index is 11.4. The van der Waals surface area contributed by atoms with Gasteiger partial charge in [0, 0.05) is 13.1 Å². The monoisotopic (exact) mass is 250 g/mol. The summed E-state index contributed by atoms with van der Waals surface area (Å²) in [5.41, 5.74) is 0.335. The van der Waals surface area contributed by atoms with Gasteiger partial charge in [-0.15, -0.1) is 0 Å². The standard InChI is InChI=1S/C13H18N2O3/c1-9-7-15(8-10(2)18-9)12-6-4-5-11(14-12)13(16)17-3/h4-6,9-10H,7-8H2,1-3H3. The fourth-order valence-electron chi connectivity index (χ4n) is 2.18. The van der Waals surface area contributed by atoms with E-state index in [1.807, 2.05) is 26.0 Å². The first-order chi connectivity index (χ1) is 8.60. The smallest absolute Gasteiger partial charge is 0.356 e. The van der Waals surface area contributed by atoms with Gasteiger partial charge in [0.2, 0.25) is 0 Å². The summed E-state index contributed by atoms with van der Waals surface area (Å²) < 4.78 is 10.4. The molecular formula is C13H18N2O3. The molecule has 2 atom stereocenters. The number of aromatic nitrogens is 1. The Labute approximate surface area is 107 Å². The lowest BCUT2D eigenvalue weighted by molar-refractivity contribution is -0.00546. The van der Waals surface area contributed by atoms with Gasteiger partial charge < -0.3 is 14.4 Å². The van der Waals surface area contributed by atoms with E-state index >= 15 is 0 Å². The molecule has 0 aromatic carbocycles. The number of pyridine rings is 1. The van der Waals surface area contributed by atoms with Crippen LogP contribution in [0.1, 0.15) is 24.3 Å². The number of rotatable bonds is 2. The molecule has 18 heavy (non-hydrogen) atoms. The van der Waals surface area contributed by atoms with Crippen molar-refractivity contribution in [1.29, 1.82) is 0 Å². The van der Waals surface area contributed by atoms with Gasteiger partial charge in [0.15, 0.2) is 5.69 Å². The van der Waals surface area contributed by atoms with Crippen LogP contribution < -0.4 is 4.90 Å². The third-order valence-corrected chi connectivity index (χ3v) is 2.87. The Morgan fingerprint density at radius 2 is 2.06 bits per heavy atom. The molecule has 1 aliphatic heterocycles. The van der Waals surface area contributed by atoms with Crippen LogP contribution in [0.4, 0.5) is 5.82 Å². The normalized spacial score (nSPS) is 23.8. The van der Waals surface area contributed by atoms with E-state index in [9.17, 15) is 4.79 Å². The number of carbonyl (C=O) groups excluding carboxylic acids is 1. The van der Waals surface area contributed by atoms with E-state index < -0.39 is 5.97 Å². The maximum absolute atomic E-state index is 11.4. The van der Waals surface area contributed by atoms with Crippen molar-refractivity contribution in [2.24, 2.45) is 0 Å². The number of methoxy groups -OCH3 is 1. The van der Waals surface area contributed by atoms with Gasteiger partial charge in [0.1, 0.15) is 5.82 Å². The molecule has 0 radical (unpaired) electrons. The molecule has 1 fully saturated rings. The molecule has 0 amide bonds. The zero-order valence-corrected chi connectivity index (χ0v) is 10.9. The van der Waals surface area contributed by atoms with Crippen LogP contribution in [0.5, 0.6) is 0 Å². The minimum Gasteiger partial charge on any atom is -0.464 e. The van der Waals surface area contributed by atoms with Gasteiger partial charge in [0.05, 0.1) is 19.3 Å². The minimum atomic E-state index is -0.411. The summed E-state index contributed by atoms with van der Waals surface area (Å²) in [6.45, 7) is 5.63. The molecule has 2 heterocycles. The second kappa shape index (κ2) is 5.35. The van der Waals surface area contributed by atoms with Crippen LogP contribution in [0.3, 0.4) is 0 Å². The van der Waals surface area contributed by atoms with E-state index in [4.69, 9.17) is 4.74 Å². The fourth-order valence-corrected chi connectivity index (χ4v) is 2.18. The van der Waals surface area contributed by atoms with Gasteiger partial charge in [-0.05, 0) is 26.0 Å². The van der Waals surface area contributed by atoms with Crippen molar-refractivity contribution in [2.75, 3.05) is 25.1 Å². The third kappa shape index (κ3) is 2.79. The predicted octanol–water partition coefficient (Wildman–Crippen LogP) is 1.48. The minimum absolute atomic E-state index is 0.164. The zero-order valence-electron chi connectivity index (χ0n) is 10.9. The van der Waals surface area contributed by atoms with Gasteiger partial charge in [-0.3, -0.25) is 0 Å². The summed E-state index contributed by atoms with van der Waals surface area (Å²) in [7, 11) is 1.36. The molecule has 0 N–H and O–H groups in total. The SMILES string of the molecule is COC(=O)c1cccc(N2CC(C)OC(C)C2)n1. The molecule has 0 saturated carbocycles. The lowest BCUT2D eigenvalue weighted by Gasteiger charge is -2.36. The maximum Gasteiger partial charge on any atom is 0.356 e. The van der Waals surface area contributed by atoms with Crippen molar-refractivity contribution in [3.05, 3.63) is 23.9 Å². The highest BCUT2D eigenvalue weighted by Crippen LogP contribution is 2.18. The van der Waals surface area contributed by atoms with Crippen LogP contribution in [-0.2, 0) is 9.47 Å². The van der Waals surface area contributed by atoms with E-state index in [0.29, 0.717) is 5.69 Å². The number of nitrogens with zero attached hydrogens (tertiary/aromatic N) is 2. The average molecular weight is 250 g/mol. The van der Waals surface area contributed by atoms with Crippen molar-refractivity contribution in [3.8, 4) is 0 Å². The molecule has 0 aliphatic carbocycles. The van der Waals surface area contributed by atoms with Crippen LogP contribution in [0.15, 0.2) is 18.2 Å². The number of hydrogen-bond donors (Lipinski definition) is 0. The molecule has 0 spiro atoms. The number of morpholine rings is 1. The number of esters is 1. The lowest BCUT2D eigenvalue weighted by Crippen LogP contribution is -2.45. The highest BCUT2D eigenvalue weighted by Gasteiger charge is 2.23. The number of ether oxygens (including phenoxy) is 2. The van der Waals surface area contributed by atoms with Crippen molar-refractivity contribution in [1.82, 2.24) is 4.98 Å². The second-order valence-corrected chi connectivity index (χ2v) is 4.53. The first-order valence-electron chi connectivity index (χ1n) is 6.06. The van der Waals surface area contributed by atoms with Crippen LogP contribution in [0.25, 0.3) is 0 Å². The molecule has 5 heteroatoms. The summed E-state index contributed by atoms with van der Waals surface area (Å²) in [6, 6.07) is 5.37. The second-order valence-electron chi connectivity index (χ2n) is 4.53. The largest absolute Gasteiger partial charge is 0.464 e. The van der Waals surface area contributed by atoms with Crippen molar-refractivity contribution in [3.63, 3.8) is 0 Å². The highest BCUT2D eigenvalue weighted by atomic mass is 16.5. The lowest BCUT2D eigenvalue weighted by atomic mass is 10.2. The molecule has 1 aliphatic rings. The first-order valence-corrected chi connectivity index (χ1v) is 6.06. The van der Waals surface area contributed by atoms with Crippen LogP contribution in [0.2, 0.25) is 0 Å². The van der Waals surface area contributed by atoms with E-state index in [1.54, 1.807) is 6.07 Å². The molecule has 1 aromatic rings. The molecule has 2 rings (SSSR count). The number of anilines is 1. The Balaban J connectivity index is 2.20. The van der Waals surface area contributed by atoms with Gasteiger partial charge >= 0.3 is 5.97 Å². The molecule has 5 nitrogen and oxygen atoms in total. The van der Waals surface area contributed by atoms with Crippen molar-refractivity contribution < 1.29 is 14.3 Å².